The molecule has 0 saturated heterocycles. The molecular formula is C14H21BrClNO. The van der Waals surface area contributed by atoms with E-state index < -0.39 is 0 Å². The number of benzene rings is 1. The summed E-state index contributed by atoms with van der Waals surface area (Å²) in [6, 6.07) is 3.70. The molecule has 2 N–H and O–H groups in total. The van der Waals surface area contributed by atoms with Crippen molar-refractivity contribution < 1.29 is 4.74 Å². The van der Waals surface area contributed by atoms with E-state index in [1.165, 1.54) is 19.3 Å². The molecule has 1 aromatic rings. The van der Waals surface area contributed by atoms with Crippen molar-refractivity contribution in [1.29, 1.82) is 0 Å². The van der Waals surface area contributed by atoms with E-state index in [0.717, 1.165) is 28.6 Å². The zero-order chi connectivity index (χ0) is 13.5. The van der Waals surface area contributed by atoms with Gasteiger partial charge in [-0.15, -0.1) is 0 Å². The second-order valence-corrected chi connectivity index (χ2v) is 5.76. The fourth-order valence-electron chi connectivity index (χ4n) is 2.02. The molecule has 4 heteroatoms. The molecule has 0 saturated carbocycles. The van der Waals surface area contributed by atoms with Gasteiger partial charge in [0, 0.05) is 16.6 Å². The van der Waals surface area contributed by atoms with Gasteiger partial charge in [0.15, 0.2) is 0 Å². The Morgan fingerprint density at radius 2 is 2.06 bits per heavy atom. The fourth-order valence-corrected chi connectivity index (χ4v) is 3.01. The molecular weight excluding hydrogens is 314 g/mol. The van der Waals surface area contributed by atoms with Crippen LogP contribution in [0.1, 0.15) is 50.6 Å². The molecule has 0 radical (unpaired) electrons. The van der Waals surface area contributed by atoms with Crippen molar-refractivity contribution in [2.45, 2.75) is 45.1 Å². The highest BCUT2D eigenvalue weighted by Crippen LogP contribution is 2.36. The van der Waals surface area contributed by atoms with E-state index in [2.05, 4.69) is 22.9 Å². The van der Waals surface area contributed by atoms with Crippen LogP contribution in [0.15, 0.2) is 16.6 Å². The highest BCUT2D eigenvalue weighted by Gasteiger charge is 2.15. The summed E-state index contributed by atoms with van der Waals surface area (Å²) in [6.45, 7) is 2.21. The molecule has 0 aliphatic carbocycles. The molecule has 102 valence electrons. The van der Waals surface area contributed by atoms with Crippen LogP contribution in [0, 0.1) is 0 Å². The van der Waals surface area contributed by atoms with Crippen molar-refractivity contribution in [3.05, 3.63) is 27.2 Å². The van der Waals surface area contributed by atoms with E-state index in [9.17, 15) is 0 Å². The van der Waals surface area contributed by atoms with Gasteiger partial charge in [-0.05, 0) is 34.5 Å². The number of methoxy groups -OCH3 is 1. The van der Waals surface area contributed by atoms with Crippen LogP contribution in [0.25, 0.3) is 0 Å². The first kappa shape index (κ1) is 15.8. The minimum atomic E-state index is -0.0215. The standard InChI is InChI=1S/C14H21BrClNO/c1-3-4-5-6-7-13(17)11-8-10(16)9-12(15)14(11)18-2/h8-9,13H,3-7,17H2,1-2H3. The van der Waals surface area contributed by atoms with Gasteiger partial charge in [0.2, 0.25) is 0 Å². The van der Waals surface area contributed by atoms with Crippen molar-refractivity contribution in [2.24, 2.45) is 5.73 Å². The van der Waals surface area contributed by atoms with Crippen LogP contribution in [0.2, 0.25) is 5.02 Å². The number of unbranched alkanes of at least 4 members (excludes halogenated alkanes) is 3. The van der Waals surface area contributed by atoms with Gasteiger partial charge in [-0.2, -0.15) is 0 Å². The number of hydrogen-bond donors (Lipinski definition) is 1. The summed E-state index contributed by atoms with van der Waals surface area (Å²) in [7, 11) is 1.65. The van der Waals surface area contributed by atoms with Gasteiger partial charge < -0.3 is 10.5 Å². The Bertz CT molecular complexity index is 384. The number of ether oxygens (including phenoxy) is 1. The third kappa shape index (κ3) is 4.45. The van der Waals surface area contributed by atoms with Gasteiger partial charge in [-0.1, -0.05) is 44.2 Å². The normalized spacial score (nSPS) is 12.5. The van der Waals surface area contributed by atoms with Crippen LogP contribution < -0.4 is 10.5 Å². The molecule has 18 heavy (non-hydrogen) atoms. The molecule has 0 bridgehead atoms. The van der Waals surface area contributed by atoms with Gasteiger partial charge in [0.05, 0.1) is 11.6 Å². The predicted molar refractivity (Wildman–Crippen MR) is 81.4 cm³/mol. The lowest BCUT2D eigenvalue weighted by molar-refractivity contribution is 0.400. The van der Waals surface area contributed by atoms with Crippen LogP contribution in [0.5, 0.6) is 5.75 Å². The first-order chi connectivity index (χ1) is 8.60. The second-order valence-electron chi connectivity index (χ2n) is 4.47. The lowest BCUT2D eigenvalue weighted by atomic mass is 10.00. The monoisotopic (exact) mass is 333 g/mol. The minimum Gasteiger partial charge on any atom is -0.495 e. The molecule has 1 unspecified atom stereocenters. The third-order valence-electron chi connectivity index (χ3n) is 3.01. The van der Waals surface area contributed by atoms with Crippen molar-refractivity contribution >= 4 is 27.5 Å². The van der Waals surface area contributed by atoms with Crippen LogP contribution in [0.3, 0.4) is 0 Å². The maximum atomic E-state index is 6.23. The first-order valence-corrected chi connectivity index (χ1v) is 7.55. The lowest BCUT2D eigenvalue weighted by Crippen LogP contribution is -2.12. The average molecular weight is 335 g/mol. The Hall–Kier alpha value is -0.250. The van der Waals surface area contributed by atoms with Crippen molar-refractivity contribution in [1.82, 2.24) is 0 Å². The number of halogens is 2. The molecule has 1 rings (SSSR count). The number of hydrogen-bond acceptors (Lipinski definition) is 2. The Morgan fingerprint density at radius 3 is 2.67 bits per heavy atom. The molecule has 0 fully saturated rings. The zero-order valence-electron chi connectivity index (χ0n) is 11.0. The number of nitrogens with two attached hydrogens (primary N) is 1. The van der Waals surface area contributed by atoms with E-state index in [1.807, 2.05) is 12.1 Å². The first-order valence-electron chi connectivity index (χ1n) is 6.38. The molecule has 1 atom stereocenters. The Morgan fingerprint density at radius 1 is 1.33 bits per heavy atom. The van der Waals surface area contributed by atoms with E-state index in [4.69, 9.17) is 22.1 Å². The summed E-state index contributed by atoms with van der Waals surface area (Å²) in [5, 5.41) is 0.682. The SMILES string of the molecule is CCCCCCC(N)c1cc(Cl)cc(Br)c1OC. The van der Waals surface area contributed by atoms with Crippen molar-refractivity contribution in [3.8, 4) is 5.75 Å². The Kier molecular flexibility index (Phi) is 7.05. The molecule has 1 aromatic carbocycles. The lowest BCUT2D eigenvalue weighted by Gasteiger charge is -2.17. The molecule has 0 aliphatic heterocycles. The topological polar surface area (TPSA) is 35.2 Å². The smallest absolute Gasteiger partial charge is 0.137 e. The summed E-state index contributed by atoms with van der Waals surface area (Å²) in [5.74, 6) is 0.794. The van der Waals surface area contributed by atoms with E-state index >= 15 is 0 Å². The van der Waals surface area contributed by atoms with Crippen molar-refractivity contribution in [3.63, 3.8) is 0 Å². The highest BCUT2D eigenvalue weighted by molar-refractivity contribution is 9.10. The summed E-state index contributed by atoms with van der Waals surface area (Å²) in [6.07, 6.45) is 5.84. The van der Waals surface area contributed by atoms with Crippen LogP contribution >= 0.6 is 27.5 Å². The maximum Gasteiger partial charge on any atom is 0.137 e. The average Bonchev–Trinajstić information content (AvgIpc) is 2.33. The van der Waals surface area contributed by atoms with E-state index in [0.29, 0.717) is 5.02 Å². The minimum absolute atomic E-state index is 0.0215. The molecule has 0 heterocycles. The van der Waals surface area contributed by atoms with E-state index in [1.54, 1.807) is 7.11 Å². The van der Waals surface area contributed by atoms with Crippen LogP contribution in [0.4, 0.5) is 0 Å². The molecule has 0 aromatic heterocycles. The van der Waals surface area contributed by atoms with Crippen LogP contribution in [-0.4, -0.2) is 7.11 Å². The molecule has 0 aliphatic rings. The van der Waals surface area contributed by atoms with Gasteiger partial charge in [-0.25, -0.2) is 0 Å². The van der Waals surface area contributed by atoms with Crippen molar-refractivity contribution in [2.75, 3.05) is 7.11 Å². The summed E-state index contributed by atoms with van der Waals surface area (Å²) < 4.78 is 6.25. The number of rotatable bonds is 7. The Balaban J connectivity index is 2.74. The van der Waals surface area contributed by atoms with Gasteiger partial charge in [0.25, 0.3) is 0 Å². The third-order valence-corrected chi connectivity index (χ3v) is 3.82. The largest absolute Gasteiger partial charge is 0.495 e. The zero-order valence-corrected chi connectivity index (χ0v) is 13.4. The predicted octanol–water partition coefficient (Wildman–Crippen LogP) is 5.08. The van der Waals surface area contributed by atoms with Crippen LogP contribution in [-0.2, 0) is 0 Å². The summed E-state index contributed by atoms with van der Waals surface area (Å²) in [4.78, 5) is 0. The highest BCUT2D eigenvalue weighted by atomic mass is 79.9. The van der Waals surface area contributed by atoms with E-state index in [-0.39, 0.29) is 6.04 Å². The molecule has 0 amide bonds. The molecule has 2 nitrogen and oxygen atoms in total. The second kappa shape index (κ2) is 8.03. The summed E-state index contributed by atoms with van der Waals surface area (Å²) >= 11 is 9.52. The van der Waals surface area contributed by atoms with Gasteiger partial charge >= 0.3 is 0 Å². The Labute approximate surface area is 123 Å². The summed E-state index contributed by atoms with van der Waals surface area (Å²) in [5.41, 5.74) is 7.21. The maximum absolute atomic E-state index is 6.23. The molecule has 0 spiro atoms. The van der Waals surface area contributed by atoms with Gasteiger partial charge in [0.1, 0.15) is 5.75 Å². The quantitative estimate of drug-likeness (QED) is 0.706. The van der Waals surface area contributed by atoms with Gasteiger partial charge in [-0.3, -0.25) is 0 Å². The fraction of sp³-hybridized carbons (Fsp3) is 0.571.